The summed E-state index contributed by atoms with van der Waals surface area (Å²) in [4.78, 5) is 11.2. The van der Waals surface area contributed by atoms with E-state index in [-0.39, 0.29) is 0 Å². The summed E-state index contributed by atoms with van der Waals surface area (Å²) in [5.74, 6) is 2.40. The van der Waals surface area contributed by atoms with Crippen LogP contribution < -0.4 is 10.2 Å². The number of aliphatic hydroxyl groups is 1. The molecule has 0 saturated carbocycles. The molecule has 1 aromatic rings. The van der Waals surface area contributed by atoms with Gasteiger partial charge in [0, 0.05) is 32.8 Å². The molecule has 0 bridgehead atoms. The van der Waals surface area contributed by atoms with Gasteiger partial charge in [0.15, 0.2) is 5.82 Å². The van der Waals surface area contributed by atoms with Crippen LogP contribution in [0.3, 0.4) is 0 Å². The van der Waals surface area contributed by atoms with E-state index >= 15 is 0 Å². The maximum absolute atomic E-state index is 10.0. The van der Waals surface area contributed by atoms with Crippen LogP contribution in [0.15, 0.2) is 6.07 Å². The van der Waals surface area contributed by atoms with Crippen molar-refractivity contribution in [2.75, 3.05) is 37.0 Å². The molecule has 6 heteroatoms. The summed E-state index contributed by atoms with van der Waals surface area (Å²) in [5.41, 5.74) is -0.552. The zero-order valence-electron chi connectivity index (χ0n) is 12.5. The summed E-state index contributed by atoms with van der Waals surface area (Å²) in [6.45, 7) is 6.76. The Morgan fingerprint density at radius 1 is 1.40 bits per heavy atom. The normalized spacial score (nSPS) is 18.1. The number of rotatable bonds is 5. The second kappa shape index (κ2) is 6.37. The van der Waals surface area contributed by atoms with Crippen LogP contribution in [0.4, 0.5) is 11.6 Å². The van der Waals surface area contributed by atoms with Gasteiger partial charge in [0.2, 0.25) is 0 Å². The molecule has 0 spiro atoms. The Bertz CT molecular complexity index is 417. The fourth-order valence-corrected chi connectivity index (χ4v) is 2.33. The minimum atomic E-state index is -0.552. The fraction of sp³-hybridized carbons (Fsp3) is 0.714. The Kier molecular flexibility index (Phi) is 4.77. The molecular weight excluding hydrogens is 256 g/mol. The molecule has 0 radical (unpaired) electrons. The Hall–Kier alpha value is -1.40. The molecule has 0 aromatic carbocycles. The molecule has 0 unspecified atom stereocenters. The Morgan fingerprint density at radius 2 is 2.10 bits per heavy atom. The smallest absolute Gasteiger partial charge is 0.158 e. The first kappa shape index (κ1) is 15.0. The second-order valence-corrected chi connectivity index (χ2v) is 5.47. The summed E-state index contributed by atoms with van der Waals surface area (Å²) >= 11 is 0. The van der Waals surface area contributed by atoms with Crippen molar-refractivity contribution in [2.24, 2.45) is 0 Å². The topological polar surface area (TPSA) is 70.5 Å². The number of hydrogen-bond acceptors (Lipinski definition) is 6. The molecular formula is C14H24N4O2. The number of nitrogens with zero attached hydrogens (tertiary/aromatic N) is 3. The maximum Gasteiger partial charge on any atom is 0.158 e. The van der Waals surface area contributed by atoms with Gasteiger partial charge in [-0.2, -0.15) is 0 Å². The summed E-state index contributed by atoms with van der Waals surface area (Å²) in [5, 5.41) is 13.2. The van der Waals surface area contributed by atoms with E-state index in [9.17, 15) is 5.11 Å². The van der Waals surface area contributed by atoms with Crippen molar-refractivity contribution in [3.05, 3.63) is 11.9 Å². The van der Waals surface area contributed by atoms with Crippen molar-refractivity contribution >= 4 is 11.6 Å². The molecule has 0 atom stereocenters. The molecule has 1 saturated heterocycles. The summed E-state index contributed by atoms with van der Waals surface area (Å²) in [6, 6.07) is 1.96. The first-order chi connectivity index (χ1) is 9.54. The van der Waals surface area contributed by atoms with Crippen LogP contribution >= 0.6 is 0 Å². The predicted octanol–water partition coefficient (Wildman–Crippen LogP) is 1.41. The van der Waals surface area contributed by atoms with E-state index in [2.05, 4.69) is 20.2 Å². The lowest BCUT2D eigenvalue weighted by Crippen LogP contribution is -2.42. The van der Waals surface area contributed by atoms with Gasteiger partial charge in [-0.15, -0.1) is 0 Å². The highest BCUT2D eigenvalue weighted by Crippen LogP contribution is 2.25. The van der Waals surface area contributed by atoms with Crippen LogP contribution in [-0.4, -0.2) is 47.4 Å². The number of nitrogens with one attached hydrogen (secondary N) is 1. The molecule has 1 aliphatic heterocycles. The maximum atomic E-state index is 10.0. The highest BCUT2D eigenvalue weighted by molar-refractivity contribution is 5.49. The van der Waals surface area contributed by atoms with E-state index in [1.807, 2.05) is 19.9 Å². The van der Waals surface area contributed by atoms with Crippen molar-refractivity contribution in [1.29, 1.82) is 0 Å². The van der Waals surface area contributed by atoms with Crippen molar-refractivity contribution in [3.8, 4) is 0 Å². The molecule has 6 nitrogen and oxygen atoms in total. The van der Waals surface area contributed by atoms with E-state index in [0.29, 0.717) is 12.4 Å². The van der Waals surface area contributed by atoms with Gasteiger partial charge in [0.05, 0.1) is 5.60 Å². The lowest BCUT2D eigenvalue weighted by atomic mass is 9.94. The number of ether oxygens (including phenoxy) is 1. The monoisotopic (exact) mass is 280 g/mol. The molecule has 2 N–H and O–H groups in total. The highest BCUT2D eigenvalue weighted by Gasteiger charge is 2.28. The van der Waals surface area contributed by atoms with E-state index in [1.54, 1.807) is 7.11 Å². The molecule has 112 valence electrons. The summed E-state index contributed by atoms with van der Waals surface area (Å²) in [7, 11) is 1.64. The van der Waals surface area contributed by atoms with Crippen LogP contribution in [0.5, 0.6) is 0 Å². The van der Waals surface area contributed by atoms with Gasteiger partial charge in [-0.1, -0.05) is 0 Å². The van der Waals surface area contributed by atoms with Crippen molar-refractivity contribution in [1.82, 2.24) is 9.97 Å². The van der Waals surface area contributed by atoms with E-state index in [4.69, 9.17) is 4.74 Å². The van der Waals surface area contributed by atoms with Gasteiger partial charge in [-0.05, 0) is 26.7 Å². The molecule has 0 amide bonds. The SMILES string of the molecule is CCNc1cc(N2CCC(C)(O)CC2)nc(COC)n1. The number of anilines is 2. The van der Waals surface area contributed by atoms with E-state index in [0.717, 1.165) is 44.1 Å². The van der Waals surface area contributed by atoms with Crippen LogP contribution in [-0.2, 0) is 11.3 Å². The summed E-state index contributed by atoms with van der Waals surface area (Å²) in [6.07, 6.45) is 1.51. The van der Waals surface area contributed by atoms with Crippen LogP contribution in [0, 0.1) is 0 Å². The van der Waals surface area contributed by atoms with Gasteiger partial charge in [-0.25, -0.2) is 9.97 Å². The molecule has 2 heterocycles. The Balaban J connectivity index is 2.17. The predicted molar refractivity (Wildman–Crippen MR) is 79.0 cm³/mol. The second-order valence-electron chi connectivity index (χ2n) is 5.47. The van der Waals surface area contributed by atoms with Gasteiger partial charge in [0.25, 0.3) is 0 Å². The minimum absolute atomic E-state index is 0.401. The number of aromatic nitrogens is 2. The molecule has 1 aliphatic rings. The van der Waals surface area contributed by atoms with Gasteiger partial charge in [-0.3, -0.25) is 0 Å². The van der Waals surface area contributed by atoms with Gasteiger partial charge in [0.1, 0.15) is 18.2 Å². The third-order valence-electron chi connectivity index (χ3n) is 3.55. The Morgan fingerprint density at radius 3 is 2.70 bits per heavy atom. The standard InChI is InChI=1S/C14H24N4O2/c1-4-15-11-9-13(17-12(16-11)10-20-3)18-7-5-14(2,19)6-8-18/h9,19H,4-8,10H2,1-3H3,(H,15,16,17). The number of hydrogen-bond donors (Lipinski definition) is 2. The van der Waals surface area contributed by atoms with Crippen LogP contribution in [0.25, 0.3) is 0 Å². The highest BCUT2D eigenvalue weighted by atomic mass is 16.5. The first-order valence-corrected chi connectivity index (χ1v) is 7.12. The van der Waals surface area contributed by atoms with E-state index < -0.39 is 5.60 Å². The van der Waals surface area contributed by atoms with Crippen LogP contribution in [0.2, 0.25) is 0 Å². The minimum Gasteiger partial charge on any atom is -0.390 e. The molecule has 2 rings (SSSR count). The fourth-order valence-electron chi connectivity index (χ4n) is 2.33. The third kappa shape index (κ3) is 3.80. The molecule has 0 aliphatic carbocycles. The van der Waals surface area contributed by atoms with Gasteiger partial charge < -0.3 is 20.1 Å². The zero-order chi connectivity index (χ0) is 14.6. The first-order valence-electron chi connectivity index (χ1n) is 7.12. The average molecular weight is 280 g/mol. The van der Waals surface area contributed by atoms with Gasteiger partial charge >= 0.3 is 0 Å². The summed E-state index contributed by atoms with van der Waals surface area (Å²) < 4.78 is 5.13. The molecule has 1 aromatic heterocycles. The number of piperidine rings is 1. The largest absolute Gasteiger partial charge is 0.390 e. The van der Waals surface area contributed by atoms with Crippen molar-refractivity contribution in [3.63, 3.8) is 0 Å². The van der Waals surface area contributed by atoms with E-state index in [1.165, 1.54) is 0 Å². The zero-order valence-corrected chi connectivity index (χ0v) is 12.5. The Labute approximate surface area is 120 Å². The van der Waals surface area contributed by atoms with Crippen molar-refractivity contribution in [2.45, 2.75) is 38.9 Å². The van der Waals surface area contributed by atoms with Crippen molar-refractivity contribution < 1.29 is 9.84 Å². The van der Waals surface area contributed by atoms with Crippen LogP contribution in [0.1, 0.15) is 32.5 Å². The third-order valence-corrected chi connectivity index (χ3v) is 3.55. The quantitative estimate of drug-likeness (QED) is 0.850. The lowest BCUT2D eigenvalue weighted by Gasteiger charge is -2.36. The number of methoxy groups -OCH3 is 1. The molecule has 1 fully saturated rings. The average Bonchev–Trinajstić information content (AvgIpc) is 2.39. The lowest BCUT2D eigenvalue weighted by molar-refractivity contribution is 0.0350. The molecule has 20 heavy (non-hydrogen) atoms.